The summed E-state index contributed by atoms with van der Waals surface area (Å²) in [6.07, 6.45) is -9.94. The van der Waals surface area contributed by atoms with E-state index in [1.54, 1.807) is 24.3 Å². The average molecular weight is 697 g/mol. The van der Waals surface area contributed by atoms with Gasteiger partial charge in [0.2, 0.25) is 0 Å². The van der Waals surface area contributed by atoms with Crippen molar-refractivity contribution >= 4 is 34.4 Å². The van der Waals surface area contributed by atoms with Gasteiger partial charge in [0.15, 0.2) is 22.7 Å². The number of nitrogens with one attached hydrogen (secondary N) is 1. The highest BCUT2D eigenvalue weighted by Crippen LogP contribution is 2.37. The number of rotatable bonds is 7. The van der Waals surface area contributed by atoms with E-state index >= 15 is 0 Å². The summed E-state index contributed by atoms with van der Waals surface area (Å²) in [5.41, 5.74) is -3.77. The van der Waals surface area contributed by atoms with Gasteiger partial charge in [0, 0.05) is 41.3 Å². The van der Waals surface area contributed by atoms with Gasteiger partial charge < -0.3 is 24.1 Å². The van der Waals surface area contributed by atoms with Crippen LogP contribution in [0.2, 0.25) is 5.02 Å². The van der Waals surface area contributed by atoms with Crippen LogP contribution in [0, 0.1) is 0 Å². The predicted molar refractivity (Wildman–Crippen MR) is 163 cm³/mol. The highest BCUT2D eigenvalue weighted by atomic mass is 35.5. The first-order valence-electron chi connectivity index (χ1n) is 14.4. The maximum absolute atomic E-state index is 13.6. The molecule has 2 amide bonds. The Morgan fingerprint density at radius 3 is 2.10 bits per heavy atom. The van der Waals surface area contributed by atoms with E-state index < -0.39 is 58.4 Å². The second-order valence-corrected chi connectivity index (χ2v) is 11.6. The first-order chi connectivity index (χ1) is 22.6. The zero-order valence-corrected chi connectivity index (χ0v) is 26.1. The number of likely N-dealkylation sites (tertiary alicyclic amines) is 1. The van der Waals surface area contributed by atoms with Gasteiger partial charge in [0.05, 0.1) is 30.7 Å². The fraction of sp³-hybridized carbons (Fsp3) is 0.303. The van der Waals surface area contributed by atoms with E-state index in [9.17, 15) is 40.7 Å². The minimum Gasteiger partial charge on any atom is -0.493 e. The van der Waals surface area contributed by atoms with Crippen molar-refractivity contribution in [1.29, 1.82) is 0 Å². The summed E-state index contributed by atoms with van der Waals surface area (Å²) >= 11 is 5.99. The molecule has 0 aliphatic carbocycles. The number of hydrogen-bond acceptors (Lipinski definition) is 6. The quantitative estimate of drug-likeness (QED) is 0.206. The minimum atomic E-state index is -5.13. The summed E-state index contributed by atoms with van der Waals surface area (Å²) in [6, 6.07) is 9.75. The first-order valence-corrected chi connectivity index (χ1v) is 14.8. The SMILES string of the molecule is COc1cc2oc(C(=O)N[C@H]3CCN(C(=O)c4cc(C(F)(F)F)cc(C(F)(F)F)c4)[C@H](Cc4ccc(Cl)cc4)C3)cc(=O)c2cc1OC. The summed E-state index contributed by atoms with van der Waals surface area (Å²) < 4.78 is 97.5. The average Bonchev–Trinajstić information content (AvgIpc) is 3.04. The number of piperidine rings is 1. The molecule has 0 unspecified atom stereocenters. The van der Waals surface area contributed by atoms with Gasteiger partial charge in [-0.05, 0) is 61.2 Å². The lowest BCUT2D eigenvalue weighted by molar-refractivity contribution is -0.143. The molecule has 254 valence electrons. The van der Waals surface area contributed by atoms with Crippen LogP contribution in [0.15, 0.2) is 69.9 Å². The van der Waals surface area contributed by atoms with E-state index in [1.165, 1.54) is 31.3 Å². The molecule has 1 aromatic heterocycles. The summed E-state index contributed by atoms with van der Waals surface area (Å²) in [5.74, 6) is -1.54. The molecule has 2 atom stereocenters. The largest absolute Gasteiger partial charge is 0.493 e. The molecule has 5 rings (SSSR count). The van der Waals surface area contributed by atoms with Crippen molar-refractivity contribution in [1.82, 2.24) is 10.2 Å². The molecule has 0 radical (unpaired) electrons. The Morgan fingerprint density at radius 2 is 1.52 bits per heavy atom. The van der Waals surface area contributed by atoms with Gasteiger partial charge in [-0.2, -0.15) is 26.3 Å². The molecule has 2 heterocycles. The molecule has 1 saturated heterocycles. The summed E-state index contributed by atoms with van der Waals surface area (Å²) in [6.45, 7) is -0.113. The standard InChI is InChI=1S/C33H27ClF6N2O6/c1-46-27-14-24-25(43)15-29(48-26(24)16-28(27)47-2)30(44)41-22-7-8-42(23(13-22)9-17-3-5-21(34)6-4-17)31(45)18-10-19(32(35,36)37)12-20(11-18)33(38,39)40/h3-6,10-12,14-16,22-23H,7-9,13H2,1-2H3,(H,41,44)/t22-,23+/m0/s1. The van der Waals surface area contributed by atoms with Gasteiger partial charge >= 0.3 is 12.4 Å². The fourth-order valence-electron chi connectivity index (χ4n) is 5.63. The maximum atomic E-state index is 13.6. The van der Waals surface area contributed by atoms with Crippen molar-refractivity contribution in [3.05, 3.63) is 104 Å². The second-order valence-electron chi connectivity index (χ2n) is 11.2. The van der Waals surface area contributed by atoms with Crippen molar-refractivity contribution in [3.8, 4) is 11.5 Å². The number of fused-ring (bicyclic) bond motifs is 1. The predicted octanol–water partition coefficient (Wildman–Crippen LogP) is 7.15. The molecule has 0 bridgehead atoms. The number of amides is 2. The molecule has 8 nitrogen and oxygen atoms in total. The number of halogens is 7. The normalized spacial score (nSPS) is 16.9. The Labute approximate surface area is 274 Å². The van der Waals surface area contributed by atoms with E-state index in [-0.39, 0.29) is 60.1 Å². The van der Waals surface area contributed by atoms with Gasteiger partial charge in [-0.3, -0.25) is 14.4 Å². The molecular formula is C33H27ClF6N2O6. The van der Waals surface area contributed by atoms with Crippen LogP contribution in [0.4, 0.5) is 26.3 Å². The number of carbonyl (C=O) groups is 2. The maximum Gasteiger partial charge on any atom is 0.416 e. The van der Waals surface area contributed by atoms with Crippen LogP contribution in [0.3, 0.4) is 0 Å². The van der Waals surface area contributed by atoms with Crippen molar-refractivity contribution in [2.75, 3.05) is 20.8 Å². The molecular weight excluding hydrogens is 670 g/mol. The number of nitrogens with zero attached hydrogens (tertiary/aromatic N) is 1. The van der Waals surface area contributed by atoms with Crippen LogP contribution >= 0.6 is 11.6 Å². The molecule has 0 saturated carbocycles. The highest BCUT2D eigenvalue weighted by Gasteiger charge is 2.39. The van der Waals surface area contributed by atoms with E-state index in [4.69, 9.17) is 25.5 Å². The van der Waals surface area contributed by atoms with Crippen molar-refractivity contribution in [3.63, 3.8) is 0 Å². The fourth-order valence-corrected chi connectivity index (χ4v) is 5.76. The molecule has 0 spiro atoms. The smallest absolute Gasteiger partial charge is 0.416 e. The number of methoxy groups -OCH3 is 2. The van der Waals surface area contributed by atoms with Gasteiger partial charge in [-0.1, -0.05) is 23.7 Å². The van der Waals surface area contributed by atoms with Gasteiger partial charge in [0.25, 0.3) is 11.8 Å². The monoisotopic (exact) mass is 696 g/mol. The van der Waals surface area contributed by atoms with E-state index in [1.807, 2.05) is 0 Å². The van der Waals surface area contributed by atoms with Crippen LogP contribution in [-0.2, 0) is 18.8 Å². The van der Waals surface area contributed by atoms with Crippen LogP contribution in [-0.4, -0.2) is 49.6 Å². The Kier molecular flexibility index (Phi) is 9.67. The molecule has 4 aromatic rings. The molecule has 1 aliphatic rings. The number of benzene rings is 3. The van der Waals surface area contributed by atoms with Gasteiger partial charge in [-0.15, -0.1) is 0 Å². The third-order valence-electron chi connectivity index (χ3n) is 7.99. The van der Waals surface area contributed by atoms with Crippen molar-refractivity contribution < 1.29 is 49.8 Å². The van der Waals surface area contributed by atoms with Gasteiger partial charge in [-0.25, -0.2) is 0 Å². The summed E-state index contributed by atoms with van der Waals surface area (Å²) in [7, 11) is 2.78. The highest BCUT2D eigenvalue weighted by molar-refractivity contribution is 6.30. The number of hydrogen-bond donors (Lipinski definition) is 1. The third-order valence-corrected chi connectivity index (χ3v) is 8.24. The topological polar surface area (TPSA) is 98.1 Å². The van der Waals surface area contributed by atoms with Crippen LogP contribution in [0.5, 0.6) is 11.5 Å². The Balaban J connectivity index is 1.43. The lowest BCUT2D eigenvalue weighted by Crippen LogP contribution is -2.52. The van der Waals surface area contributed by atoms with Crippen LogP contribution in [0.25, 0.3) is 11.0 Å². The number of alkyl halides is 6. The molecule has 15 heteroatoms. The molecule has 3 aromatic carbocycles. The van der Waals surface area contributed by atoms with Crippen molar-refractivity contribution in [2.45, 2.75) is 43.7 Å². The van der Waals surface area contributed by atoms with Crippen molar-refractivity contribution in [2.24, 2.45) is 0 Å². The lowest BCUT2D eigenvalue weighted by Gasteiger charge is -2.40. The number of ether oxygens (including phenoxy) is 2. The molecule has 1 aliphatic heterocycles. The van der Waals surface area contributed by atoms with E-state index in [0.717, 1.165) is 6.07 Å². The van der Waals surface area contributed by atoms with Crippen LogP contribution < -0.4 is 20.2 Å². The zero-order chi connectivity index (χ0) is 35.0. The van der Waals surface area contributed by atoms with Crippen LogP contribution in [0.1, 0.15) is 50.4 Å². The molecule has 1 fully saturated rings. The van der Waals surface area contributed by atoms with Gasteiger partial charge in [0.1, 0.15) is 5.58 Å². The lowest BCUT2D eigenvalue weighted by atomic mass is 9.91. The Morgan fingerprint density at radius 1 is 0.917 bits per heavy atom. The summed E-state index contributed by atoms with van der Waals surface area (Å²) in [5, 5.41) is 3.35. The molecule has 48 heavy (non-hydrogen) atoms. The third kappa shape index (κ3) is 7.53. The second kappa shape index (κ2) is 13.4. The number of carbonyl (C=O) groups excluding carboxylic acids is 2. The summed E-state index contributed by atoms with van der Waals surface area (Å²) in [4.78, 5) is 41.0. The zero-order valence-electron chi connectivity index (χ0n) is 25.3. The minimum absolute atomic E-state index is 0.0402. The van der Waals surface area contributed by atoms with E-state index in [2.05, 4.69) is 5.32 Å². The first kappa shape index (κ1) is 34.6. The molecule has 1 N–H and O–H groups in total. The Hall–Kier alpha value is -4.72. The van der Waals surface area contributed by atoms with E-state index in [0.29, 0.717) is 22.7 Å². The Bertz CT molecular complexity index is 1880.